The Bertz CT molecular complexity index is 1540. The van der Waals surface area contributed by atoms with Crippen LogP contribution >= 0.6 is 15.9 Å². The van der Waals surface area contributed by atoms with Gasteiger partial charge in [0.05, 0.1) is 17.6 Å². The van der Waals surface area contributed by atoms with E-state index in [9.17, 15) is 4.79 Å². The summed E-state index contributed by atoms with van der Waals surface area (Å²) in [6.07, 6.45) is 1.60. The van der Waals surface area contributed by atoms with Crippen molar-refractivity contribution in [3.05, 3.63) is 118 Å². The number of hydrazone groups is 1. The Kier molecular flexibility index (Phi) is 6.06. The van der Waals surface area contributed by atoms with Gasteiger partial charge in [-0.05, 0) is 59.2 Å². The van der Waals surface area contributed by atoms with E-state index in [4.69, 9.17) is 0 Å². The predicted molar refractivity (Wildman–Crippen MR) is 140 cm³/mol. The summed E-state index contributed by atoms with van der Waals surface area (Å²) in [7, 11) is 0. The van der Waals surface area contributed by atoms with Crippen molar-refractivity contribution in [2.75, 3.05) is 0 Å². The van der Waals surface area contributed by atoms with Gasteiger partial charge in [0.1, 0.15) is 0 Å². The molecule has 0 saturated carbocycles. The third-order valence-corrected chi connectivity index (χ3v) is 6.05. The van der Waals surface area contributed by atoms with Gasteiger partial charge in [0.2, 0.25) is 0 Å². The van der Waals surface area contributed by atoms with E-state index in [1.165, 1.54) is 0 Å². The highest BCUT2D eigenvalue weighted by molar-refractivity contribution is 9.10. The number of fused-ring (bicyclic) bond motifs is 1. The van der Waals surface area contributed by atoms with Gasteiger partial charge in [-0.1, -0.05) is 82.7 Å². The van der Waals surface area contributed by atoms with Gasteiger partial charge in [-0.2, -0.15) is 10.2 Å². The van der Waals surface area contributed by atoms with E-state index < -0.39 is 0 Å². The van der Waals surface area contributed by atoms with Crippen LogP contribution in [-0.4, -0.2) is 21.9 Å². The quantitative estimate of drug-likeness (QED) is 0.216. The summed E-state index contributed by atoms with van der Waals surface area (Å²) >= 11 is 3.43. The first-order chi connectivity index (χ1) is 16.6. The second-order valence-corrected chi connectivity index (χ2v) is 8.84. The van der Waals surface area contributed by atoms with Crippen LogP contribution in [0.25, 0.3) is 27.7 Å². The molecule has 6 heteroatoms. The molecular formula is C28H21BrN4O. The predicted octanol–water partition coefficient (Wildman–Crippen LogP) is 6.53. The number of benzene rings is 4. The fourth-order valence-electron chi connectivity index (χ4n) is 3.84. The fourth-order valence-corrected chi connectivity index (χ4v) is 4.26. The number of carbonyl (C=O) groups excluding carboxylic acids is 1. The molecule has 0 bridgehead atoms. The number of halogens is 1. The molecule has 0 atom stereocenters. The van der Waals surface area contributed by atoms with Crippen molar-refractivity contribution in [1.82, 2.24) is 15.2 Å². The van der Waals surface area contributed by atoms with Crippen LogP contribution in [0.3, 0.4) is 0 Å². The molecule has 5 nitrogen and oxygen atoms in total. The monoisotopic (exact) mass is 508 g/mol. The van der Waals surface area contributed by atoms with Gasteiger partial charge in [0.15, 0.2) is 5.69 Å². The molecule has 5 rings (SSSR count). The van der Waals surface area contributed by atoms with Crippen molar-refractivity contribution in [3.63, 3.8) is 0 Å². The summed E-state index contributed by atoms with van der Waals surface area (Å²) in [6, 6.07) is 31.9. The number of para-hydroxylation sites is 1. The van der Waals surface area contributed by atoms with Crippen LogP contribution in [-0.2, 0) is 0 Å². The molecule has 0 aliphatic carbocycles. The Labute approximate surface area is 205 Å². The average molecular weight is 509 g/mol. The standard InChI is InChI=1S/C28H21BrN4O/c1-19-7-2-5-12-26(19)33-27(23-14-13-21-9-3-4-10-22(21)16-23)17-25(32-33)28(34)31-30-18-20-8-6-11-24(29)15-20/h2-18H,1H3,(H,31,34)/b30-18-. The zero-order chi connectivity index (χ0) is 23.5. The van der Waals surface area contributed by atoms with Crippen LogP contribution in [0.2, 0.25) is 0 Å². The molecule has 0 saturated heterocycles. The number of nitrogens with one attached hydrogen (secondary N) is 1. The van der Waals surface area contributed by atoms with E-state index in [0.29, 0.717) is 0 Å². The number of hydrogen-bond acceptors (Lipinski definition) is 3. The van der Waals surface area contributed by atoms with E-state index in [1.807, 2.05) is 72.3 Å². The summed E-state index contributed by atoms with van der Waals surface area (Å²) in [4.78, 5) is 12.9. The van der Waals surface area contributed by atoms with Crippen LogP contribution < -0.4 is 5.43 Å². The van der Waals surface area contributed by atoms with E-state index in [0.717, 1.165) is 43.3 Å². The second kappa shape index (κ2) is 9.45. The lowest BCUT2D eigenvalue weighted by molar-refractivity contribution is 0.0949. The zero-order valence-electron chi connectivity index (χ0n) is 18.4. The third-order valence-electron chi connectivity index (χ3n) is 5.56. The highest BCUT2D eigenvalue weighted by Gasteiger charge is 2.18. The fraction of sp³-hybridized carbons (Fsp3) is 0.0357. The Morgan fingerprint density at radius 3 is 2.53 bits per heavy atom. The van der Waals surface area contributed by atoms with Crippen molar-refractivity contribution in [1.29, 1.82) is 0 Å². The second-order valence-electron chi connectivity index (χ2n) is 7.93. The molecule has 0 aliphatic rings. The number of aryl methyl sites for hydroxylation is 1. The first kappa shape index (κ1) is 21.8. The number of nitrogens with zero attached hydrogens (tertiary/aromatic N) is 3. The van der Waals surface area contributed by atoms with Gasteiger partial charge < -0.3 is 0 Å². The van der Waals surface area contributed by atoms with Crippen molar-refractivity contribution in [2.24, 2.45) is 5.10 Å². The van der Waals surface area contributed by atoms with Crippen molar-refractivity contribution >= 4 is 38.8 Å². The van der Waals surface area contributed by atoms with Crippen molar-refractivity contribution < 1.29 is 4.79 Å². The molecule has 1 heterocycles. The summed E-state index contributed by atoms with van der Waals surface area (Å²) in [5.74, 6) is -0.374. The average Bonchev–Trinajstić information content (AvgIpc) is 3.29. The molecule has 4 aromatic carbocycles. The van der Waals surface area contributed by atoms with Gasteiger partial charge in [0, 0.05) is 10.0 Å². The van der Waals surface area contributed by atoms with Crippen molar-refractivity contribution in [3.8, 4) is 16.9 Å². The smallest absolute Gasteiger partial charge is 0.265 e. The first-order valence-electron chi connectivity index (χ1n) is 10.8. The lowest BCUT2D eigenvalue weighted by Crippen LogP contribution is -2.18. The minimum absolute atomic E-state index is 0.290. The first-order valence-corrected chi connectivity index (χ1v) is 11.6. The van der Waals surface area contributed by atoms with E-state index in [2.05, 4.69) is 61.9 Å². The molecule has 0 unspecified atom stereocenters. The molecule has 1 aromatic heterocycles. The molecule has 166 valence electrons. The number of hydrogen-bond donors (Lipinski definition) is 1. The largest absolute Gasteiger partial charge is 0.291 e. The van der Waals surface area contributed by atoms with Crippen LogP contribution in [0, 0.1) is 6.92 Å². The SMILES string of the molecule is Cc1ccccc1-n1nc(C(=O)N/N=C\c2cccc(Br)c2)cc1-c1ccc2ccccc2c1. The molecule has 0 radical (unpaired) electrons. The Morgan fingerprint density at radius 2 is 1.71 bits per heavy atom. The molecule has 5 aromatic rings. The Balaban J connectivity index is 1.52. The topological polar surface area (TPSA) is 59.3 Å². The van der Waals surface area contributed by atoms with E-state index >= 15 is 0 Å². The lowest BCUT2D eigenvalue weighted by atomic mass is 10.0. The van der Waals surface area contributed by atoms with Gasteiger partial charge in [-0.3, -0.25) is 4.79 Å². The maximum absolute atomic E-state index is 12.9. The van der Waals surface area contributed by atoms with Gasteiger partial charge in [-0.15, -0.1) is 0 Å². The normalized spacial score (nSPS) is 11.2. The molecular weight excluding hydrogens is 488 g/mol. The summed E-state index contributed by atoms with van der Waals surface area (Å²) < 4.78 is 2.77. The van der Waals surface area contributed by atoms with Crippen LogP contribution in [0.4, 0.5) is 0 Å². The lowest BCUT2D eigenvalue weighted by Gasteiger charge is -2.11. The summed E-state index contributed by atoms with van der Waals surface area (Å²) in [5.41, 5.74) is 7.55. The van der Waals surface area contributed by atoms with Gasteiger partial charge in [-0.25, -0.2) is 10.1 Å². The molecule has 0 spiro atoms. The summed E-state index contributed by atoms with van der Waals surface area (Å²) in [6.45, 7) is 2.03. The van der Waals surface area contributed by atoms with Gasteiger partial charge >= 0.3 is 0 Å². The number of amides is 1. The molecule has 0 aliphatic heterocycles. The minimum atomic E-state index is -0.374. The minimum Gasteiger partial charge on any atom is -0.265 e. The van der Waals surface area contributed by atoms with Gasteiger partial charge in [0.25, 0.3) is 5.91 Å². The molecule has 34 heavy (non-hydrogen) atoms. The molecule has 1 N–H and O–H groups in total. The highest BCUT2D eigenvalue weighted by atomic mass is 79.9. The van der Waals surface area contributed by atoms with Crippen molar-refractivity contribution in [2.45, 2.75) is 6.92 Å². The maximum atomic E-state index is 12.9. The summed E-state index contributed by atoms with van der Waals surface area (Å²) in [5, 5.41) is 11.1. The van der Waals surface area contributed by atoms with Crippen LogP contribution in [0.15, 0.2) is 107 Å². The molecule has 1 amide bonds. The van der Waals surface area contributed by atoms with Crippen LogP contribution in [0.1, 0.15) is 21.6 Å². The Morgan fingerprint density at radius 1 is 0.912 bits per heavy atom. The number of rotatable bonds is 5. The van der Waals surface area contributed by atoms with Crippen LogP contribution in [0.5, 0.6) is 0 Å². The maximum Gasteiger partial charge on any atom is 0.291 e. The highest BCUT2D eigenvalue weighted by Crippen LogP contribution is 2.28. The van der Waals surface area contributed by atoms with E-state index in [-0.39, 0.29) is 11.6 Å². The van der Waals surface area contributed by atoms with E-state index in [1.54, 1.807) is 12.3 Å². The zero-order valence-corrected chi connectivity index (χ0v) is 20.0. The number of aromatic nitrogens is 2. The number of carbonyl (C=O) groups is 1. The Hall–Kier alpha value is -4.03. The molecule has 0 fully saturated rings. The third kappa shape index (κ3) is 4.54.